The molecule has 1 radical (unpaired) electrons. The van der Waals surface area contributed by atoms with Gasteiger partial charge in [-0.2, -0.15) is 0 Å². The minimum Gasteiger partial charge on any atom is -0.324 e. The van der Waals surface area contributed by atoms with Crippen LogP contribution in [-0.4, -0.2) is 0 Å². The van der Waals surface area contributed by atoms with Crippen molar-refractivity contribution in [2.24, 2.45) is 5.34 Å². The van der Waals surface area contributed by atoms with Crippen LogP contribution in [0.4, 0.5) is 0 Å². The van der Waals surface area contributed by atoms with E-state index in [0.717, 1.165) is 5.56 Å². The van der Waals surface area contributed by atoms with Crippen molar-refractivity contribution < 1.29 is 4.84 Å². The quantitative estimate of drug-likeness (QED) is 0.460. The average molecular weight is 136 g/mol. The normalized spacial score (nSPS) is 8.90. The molecule has 0 aromatic heterocycles. The van der Waals surface area contributed by atoms with E-state index in [4.69, 9.17) is 0 Å². The molecule has 0 aliphatic carbocycles. The molecule has 3 heteroatoms. The third-order valence-corrected chi connectivity index (χ3v) is 1.04. The molecular weight excluding hydrogens is 130 g/mol. The van der Waals surface area contributed by atoms with Gasteiger partial charge in [-0.25, -0.2) is 0 Å². The maximum Gasteiger partial charge on any atom is 0.161 e. The Morgan fingerprint density at radius 2 is 2.30 bits per heavy atom. The topological polar surface area (TPSA) is 38.7 Å². The maximum absolute atomic E-state index is 9.59. The standard InChI is InChI=1S/C7H6NO2/c1-6-3-2-4-7(5-6)10-8-9/h2-5H,1H2. The fourth-order valence-electron chi connectivity index (χ4n) is 0.645. The van der Waals surface area contributed by atoms with Gasteiger partial charge in [-0.05, 0) is 24.6 Å². The first-order valence-corrected chi connectivity index (χ1v) is 2.74. The second-order valence-corrected chi connectivity index (χ2v) is 1.81. The third-order valence-electron chi connectivity index (χ3n) is 1.04. The van der Waals surface area contributed by atoms with Crippen molar-refractivity contribution in [3.05, 3.63) is 41.7 Å². The van der Waals surface area contributed by atoms with Gasteiger partial charge >= 0.3 is 0 Å². The van der Waals surface area contributed by atoms with Gasteiger partial charge in [0.25, 0.3) is 0 Å². The van der Waals surface area contributed by atoms with Crippen LogP contribution in [0.2, 0.25) is 0 Å². The average Bonchev–Trinajstić information content (AvgIpc) is 1.88. The zero-order valence-corrected chi connectivity index (χ0v) is 5.28. The van der Waals surface area contributed by atoms with Crippen LogP contribution in [-0.2, 0) is 0 Å². The third kappa shape index (κ3) is 1.55. The summed E-state index contributed by atoms with van der Waals surface area (Å²) in [5.74, 6) is 0.419. The number of benzene rings is 1. The van der Waals surface area contributed by atoms with E-state index in [1.807, 2.05) is 0 Å². The first-order chi connectivity index (χ1) is 4.83. The van der Waals surface area contributed by atoms with Gasteiger partial charge in [0.05, 0.1) is 0 Å². The first-order valence-electron chi connectivity index (χ1n) is 2.74. The smallest absolute Gasteiger partial charge is 0.161 e. The fourth-order valence-corrected chi connectivity index (χ4v) is 0.645. The van der Waals surface area contributed by atoms with Crippen LogP contribution in [0.3, 0.4) is 0 Å². The molecule has 1 aromatic rings. The van der Waals surface area contributed by atoms with Crippen molar-refractivity contribution in [2.45, 2.75) is 0 Å². The van der Waals surface area contributed by atoms with Crippen LogP contribution in [0.1, 0.15) is 5.56 Å². The number of nitrogens with zero attached hydrogens (tertiary/aromatic N) is 1. The van der Waals surface area contributed by atoms with Crippen molar-refractivity contribution in [1.82, 2.24) is 0 Å². The predicted octanol–water partition coefficient (Wildman–Crippen LogP) is 1.93. The minimum absolute atomic E-state index is 0.419. The lowest BCUT2D eigenvalue weighted by Gasteiger charge is -1.94. The summed E-state index contributed by atoms with van der Waals surface area (Å²) in [5, 5.41) is 2.27. The Morgan fingerprint density at radius 1 is 1.50 bits per heavy atom. The molecular formula is C7H6NO2. The Balaban J connectivity index is 2.84. The van der Waals surface area contributed by atoms with Gasteiger partial charge in [0.2, 0.25) is 0 Å². The zero-order chi connectivity index (χ0) is 7.40. The van der Waals surface area contributed by atoms with E-state index in [0.29, 0.717) is 5.75 Å². The summed E-state index contributed by atoms with van der Waals surface area (Å²) >= 11 is 0. The van der Waals surface area contributed by atoms with Crippen LogP contribution in [0, 0.1) is 11.8 Å². The molecule has 10 heavy (non-hydrogen) atoms. The number of hydrogen-bond acceptors (Lipinski definition) is 3. The van der Waals surface area contributed by atoms with Crippen molar-refractivity contribution in [2.75, 3.05) is 0 Å². The summed E-state index contributed by atoms with van der Waals surface area (Å²) in [6, 6.07) is 6.80. The van der Waals surface area contributed by atoms with Gasteiger partial charge in [-0.15, -0.1) is 4.91 Å². The molecule has 0 unspecified atom stereocenters. The number of rotatable bonds is 2. The summed E-state index contributed by atoms with van der Waals surface area (Å²) in [5.41, 5.74) is 0.793. The Kier molecular flexibility index (Phi) is 1.99. The Labute approximate surface area is 58.6 Å². The van der Waals surface area contributed by atoms with E-state index >= 15 is 0 Å². The Hall–Kier alpha value is -1.38. The van der Waals surface area contributed by atoms with E-state index in [1.54, 1.807) is 24.3 Å². The maximum atomic E-state index is 9.59. The minimum atomic E-state index is 0.419. The molecule has 1 aromatic carbocycles. The van der Waals surface area contributed by atoms with Crippen molar-refractivity contribution >= 4 is 0 Å². The van der Waals surface area contributed by atoms with Crippen LogP contribution >= 0.6 is 0 Å². The molecule has 51 valence electrons. The SMILES string of the molecule is [CH2]c1cccc(ON=O)c1. The molecule has 0 aliphatic rings. The largest absolute Gasteiger partial charge is 0.324 e. The molecule has 3 nitrogen and oxygen atoms in total. The summed E-state index contributed by atoms with van der Waals surface area (Å²) < 4.78 is 0. The van der Waals surface area contributed by atoms with Crippen LogP contribution in [0.5, 0.6) is 5.75 Å². The molecule has 0 fully saturated rings. The summed E-state index contributed by atoms with van der Waals surface area (Å²) in [4.78, 5) is 13.9. The molecule has 0 saturated carbocycles. The Bertz CT molecular complexity index is 235. The van der Waals surface area contributed by atoms with Crippen molar-refractivity contribution in [1.29, 1.82) is 0 Å². The summed E-state index contributed by atoms with van der Waals surface area (Å²) in [6.45, 7) is 3.64. The summed E-state index contributed by atoms with van der Waals surface area (Å²) in [6.07, 6.45) is 0. The molecule has 0 amide bonds. The highest BCUT2D eigenvalue weighted by atomic mass is 16.7. The van der Waals surface area contributed by atoms with Crippen LogP contribution in [0.25, 0.3) is 0 Å². The molecule has 0 saturated heterocycles. The lowest BCUT2D eigenvalue weighted by Crippen LogP contribution is -1.79. The van der Waals surface area contributed by atoms with Crippen molar-refractivity contribution in [3.8, 4) is 5.75 Å². The van der Waals surface area contributed by atoms with E-state index in [2.05, 4.69) is 17.1 Å². The monoisotopic (exact) mass is 136 g/mol. The predicted molar refractivity (Wildman–Crippen MR) is 37.3 cm³/mol. The van der Waals surface area contributed by atoms with Crippen LogP contribution < -0.4 is 4.84 Å². The zero-order valence-electron chi connectivity index (χ0n) is 5.28. The highest BCUT2D eigenvalue weighted by molar-refractivity contribution is 5.29. The number of hydrogen-bond donors (Lipinski definition) is 0. The van der Waals surface area contributed by atoms with Gasteiger partial charge in [-0.3, -0.25) is 0 Å². The van der Waals surface area contributed by atoms with Gasteiger partial charge in [0, 0.05) is 0 Å². The first kappa shape index (κ1) is 6.74. The second kappa shape index (κ2) is 2.96. The van der Waals surface area contributed by atoms with E-state index < -0.39 is 0 Å². The second-order valence-electron chi connectivity index (χ2n) is 1.81. The van der Waals surface area contributed by atoms with E-state index in [1.165, 1.54) is 0 Å². The Morgan fingerprint density at radius 3 is 2.90 bits per heavy atom. The molecule has 0 atom stereocenters. The molecule has 0 aliphatic heterocycles. The molecule has 0 N–H and O–H groups in total. The summed E-state index contributed by atoms with van der Waals surface area (Å²) in [7, 11) is 0. The van der Waals surface area contributed by atoms with Gasteiger partial charge in [-0.1, -0.05) is 12.1 Å². The lowest BCUT2D eigenvalue weighted by atomic mass is 10.2. The lowest BCUT2D eigenvalue weighted by molar-refractivity contribution is 0.335. The van der Waals surface area contributed by atoms with Gasteiger partial charge in [0.1, 0.15) is 0 Å². The fraction of sp³-hybridized carbons (Fsp3) is 0. The molecule has 0 heterocycles. The highest BCUT2D eigenvalue weighted by Gasteiger charge is 1.91. The molecule has 1 rings (SSSR count). The molecule has 0 spiro atoms. The molecule has 0 bridgehead atoms. The van der Waals surface area contributed by atoms with E-state index in [-0.39, 0.29) is 0 Å². The van der Waals surface area contributed by atoms with E-state index in [9.17, 15) is 4.91 Å². The van der Waals surface area contributed by atoms with Gasteiger partial charge < -0.3 is 4.84 Å². The van der Waals surface area contributed by atoms with Crippen LogP contribution in [0.15, 0.2) is 29.6 Å². The highest BCUT2D eigenvalue weighted by Crippen LogP contribution is 2.11. The van der Waals surface area contributed by atoms with Gasteiger partial charge in [0.15, 0.2) is 11.1 Å². The van der Waals surface area contributed by atoms with Crippen molar-refractivity contribution in [3.63, 3.8) is 0 Å².